The Bertz CT molecular complexity index is 1590. The second-order valence-corrected chi connectivity index (χ2v) is 13.3. The molecular weight excluding hydrogens is 532 g/mol. The molecule has 0 heterocycles. The predicted molar refractivity (Wildman–Crippen MR) is 158 cm³/mol. The first kappa shape index (κ1) is 29.8. The fraction of sp³-hybridized carbons (Fsp3) is 0.514. The van der Waals surface area contributed by atoms with Gasteiger partial charge in [0.15, 0.2) is 17.2 Å². The number of aliphatic hydroxyl groups is 3. The summed E-state index contributed by atoms with van der Waals surface area (Å²) in [6, 6.07) is 1.82. The SMILES string of the molecule is CCc1cc(C#CC2=CCCCC2)c(O)c2c1C[C@]1(C)C[C@]3(C)C(C(C)C)C(O)=C(C(C)=O)C(=O)[C@]3(O)C(O)=C1C2=O. The zero-order valence-electron chi connectivity index (χ0n) is 25.3. The number of benzene rings is 1. The molecule has 1 unspecified atom stereocenters. The van der Waals surface area contributed by atoms with E-state index in [0.29, 0.717) is 17.5 Å². The van der Waals surface area contributed by atoms with Crippen molar-refractivity contribution in [1.29, 1.82) is 0 Å². The van der Waals surface area contributed by atoms with Crippen molar-refractivity contribution >= 4 is 17.3 Å². The third kappa shape index (κ3) is 3.95. The number of hydrogen-bond donors (Lipinski definition) is 4. The van der Waals surface area contributed by atoms with E-state index < -0.39 is 51.0 Å². The summed E-state index contributed by atoms with van der Waals surface area (Å²) in [4.78, 5) is 40.7. The number of carbonyl (C=O) groups excluding carboxylic acids is 3. The monoisotopic (exact) mass is 572 g/mol. The first-order valence-electron chi connectivity index (χ1n) is 14.9. The summed E-state index contributed by atoms with van der Waals surface area (Å²) < 4.78 is 0. The zero-order valence-corrected chi connectivity index (χ0v) is 25.3. The second-order valence-electron chi connectivity index (χ2n) is 13.3. The van der Waals surface area contributed by atoms with Gasteiger partial charge in [-0.2, -0.15) is 0 Å². The van der Waals surface area contributed by atoms with Crippen molar-refractivity contribution in [3.63, 3.8) is 0 Å². The van der Waals surface area contributed by atoms with Crippen LogP contribution in [0.1, 0.15) is 101 Å². The highest BCUT2D eigenvalue weighted by atomic mass is 16.3. The van der Waals surface area contributed by atoms with Crippen LogP contribution in [0.4, 0.5) is 0 Å². The Hall–Kier alpha value is -3.63. The zero-order chi connectivity index (χ0) is 30.9. The first-order valence-corrected chi connectivity index (χ1v) is 14.9. The van der Waals surface area contributed by atoms with Crippen molar-refractivity contribution in [2.24, 2.45) is 22.7 Å². The molecule has 0 saturated carbocycles. The van der Waals surface area contributed by atoms with Crippen LogP contribution in [0.15, 0.2) is 40.4 Å². The molecule has 0 saturated heterocycles. The number of phenols is 1. The third-order valence-corrected chi connectivity index (χ3v) is 10.1. The molecule has 222 valence electrons. The van der Waals surface area contributed by atoms with Crippen LogP contribution in [0, 0.1) is 34.5 Å². The lowest BCUT2D eigenvalue weighted by Gasteiger charge is -2.59. The van der Waals surface area contributed by atoms with Gasteiger partial charge in [-0.05, 0) is 80.6 Å². The van der Waals surface area contributed by atoms with Gasteiger partial charge in [0.25, 0.3) is 0 Å². The van der Waals surface area contributed by atoms with Crippen LogP contribution >= 0.6 is 0 Å². The number of rotatable bonds is 3. The van der Waals surface area contributed by atoms with Crippen molar-refractivity contribution in [2.45, 2.75) is 92.1 Å². The fourth-order valence-corrected chi connectivity index (χ4v) is 8.38. The molecule has 0 fully saturated rings. The number of aromatic hydroxyl groups is 1. The minimum absolute atomic E-state index is 0.0244. The third-order valence-electron chi connectivity index (χ3n) is 10.1. The summed E-state index contributed by atoms with van der Waals surface area (Å²) in [6.07, 6.45) is 7.01. The Balaban J connectivity index is 1.75. The Morgan fingerprint density at radius 2 is 1.81 bits per heavy atom. The number of phenolic OH excluding ortho intramolecular Hbond substituents is 1. The van der Waals surface area contributed by atoms with Crippen molar-refractivity contribution in [1.82, 2.24) is 0 Å². The van der Waals surface area contributed by atoms with E-state index in [4.69, 9.17) is 0 Å². The molecule has 0 amide bonds. The van der Waals surface area contributed by atoms with E-state index in [-0.39, 0.29) is 41.4 Å². The number of allylic oxidation sites excluding steroid dienone is 4. The van der Waals surface area contributed by atoms with Crippen LogP contribution in [0.3, 0.4) is 0 Å². The molecule has 4 aliphatic rings. The van der Waals surface area contributed by atoms with E-state index in [2.05, 4.69) is 17.9 Å². The number of hydrogen-bond acceptors (Lipinski definition) is 7. The van der Waals surface area contributed by atoms with Gasteiger partial charge in [-0.3, -0.25) is 14.4 Å². The van der Waals surface area contributed by atoms with Crippen LogP contribution < -0.4 is 0 Å². The maximum absolute atomic E-state index is 14.3. The van der Waals surface area contributed by atoms with Crippen molar-refractivity contribution < 1.29 is 34.8 Å². The summed E-state index contributed by atoms with van der Waals surface area (Å²) in [5.74, 6) is 1.05. The molecular formula is C35H40O7. The lowest BCUT2D eigenvalue weighted by molar-refractivity contribution is -0.171. The van der Waals surface area contributed by atoms with Crippen LogP contribution in [-0.2, 0) is 22.4 Å². The summed E-state index contributed by atoms with van der Waals surface area (Å²) in [5, 5.41) is 46.7. The molecule has 0 radical (unpaired) electrons. The molecule has 4 aliphatic carbocycles. The Morgan fingerprint density at radius 1 is 1.12 bits per heavy atom. The number of carbonyl (C=O) groups is 3. The van der Waals surface area contributed by atoms with Gasteiger partial charge in [0, 0.05) is 22.3 Å². The molecule has 0 aliphatic heterocycles. The van der Waals surface area contributed by atoms with Gasteiger partial charge in [-0.25, -0.2) is 0 Å². The van der Waals surface area contributed by atoms with E-state index in [1.807, 2.05) is 33.8 Å². The topological polar surface area (TPSA) is 132 Å². The van der Waals surface area contributed by atoms with E-state index >= 15 is 0 Å². The first-order chi connectivity index (χ1) is 19.6. The van der Waals surface area contributed by atoms with E-state index in [1.54, 1.807) is 6.92 Å². The average Bonchev–Trinajstić information content (AvgIpc) is 2.90. The van der Waals surface area contributed by atoms with Gasteiger partial charge < -0.3 is 20.4 Å². The maximum atomic E-state index is 14.3. The van der Waals surface area contributed by atoms with E-state index in [0.717, 1.165) is 43.7 Å². The van der Waals surface area contributed by atoms with Gasteiger partial charge in [0.2, 0.25) is 5.78 Å². The van der Waals surface area contributed by atoms with Crippen LogP contribution in [0.25, 0.3) is 0 Å². The number of aliphatic hydroxyl groups excluding tert-OH is 2. The minimum Gasteiger partial charge on any atom is -0.511 e. The second kappa shape index (κ2) is 9.98. The highest BCUT2D eigenvalue weighted by Gasteiger charge is 2.71. The number of fused-ring (bicyclic) bond motifs is 3. The minimum atomic E-state index is -2.62. The van der Waals surface area contributed by atoms with E-state index in [1.165, 1.54) is 0 Å². The summed E-state index contributed by atoms with van der Waals surface area (Å²) in [6.45, 7) is 10.2. The molecule has 0 aromatic heterocycles. The summed E-state index contributed by atoms with van der Waals surface area (Å²) in [7, 11) is 0. The largest absolute Gasteiger partial charge is 0.511 e. The Morgan fingerprint density at radius 3 is 2.38 bits per heavy atom. The smallest absolute Gasteiger partial charge is 0.209 e. The molecule has 1 aromatic rings. The van der Waals surface area contributed by atoms with Gasteiger partial charge in [0.05, 0.1) is 11.1 Å². The molecule has 7 heteroatoms. The summed E-state index contributed by atoms with van der Waals surface area (Å²) in [5.41, 5.74) is -2.95. The Kier molecular flexibility index (Phi) is 7.09. The molecule has 7 nitrogen and oxygen atoms in total. The predicted octanol–water partition coefficient (Wildman–Crippen LogP) is 5.76. The van der Waals surface area contributed by atoms with Crippen LogP contribution in [0.5, 0.6) is 5.75 Å². The average molecular weight is 573 g/mol. The van der Waals surface area contributed by atoms with Crippen molar-refractivity contribution in [2.75, 3.05) is 0 Å². The van der Waals surface area contributed by atoms with Crippen LogP contribution in [0.2, 0.25) is 0 Å². The number of aryl methyl sites for hydroxylation is 1. The highest BCUT2D eigenvalue weighted by Crippen LogP contribution is 2.65. The molecule has 0 spiro atoms. The molecule has 5 rings (SSSR count). The molecule has 4 atom stereocenters. The molecule has 1 aromatic carbocycles. The molecule has 4 N–H and O–H groups in total. The molecule has 42 heavy (non-hydrogen) atoms. The quantitative estimate of drug-likeness (QED) is 0.267. The van der Waals surface area contributed by atoms with Gasteiger partial charge >= 0.3 is 0 Å². The van der Waals surface area contributed by atoms with Crippen LogP contribution in [-0.4, -0.2) is 43.4 Å². The normalized spacial score (nSPS) is 30.8. The van der Waals surface area contributed by atoms with Crippen molar-refractivity contribution in [3.8, 4) is 17.6 Å². The van der Waals surface area contributed by atoms with E-state index in [9.17, 15) is 34.8 Å². The fourth-order valence-electron chi connectivity index (χ4n) is 8.38. The highest BCUT2D eigenvalue weighted by molar-refractivity contribution is 6.25. The van der Waals surface area contributed by atoms with Gasteiger partial charge in [-0.15, -0.1) is 0 Å². The Labute approximate surface area is 247 Å². The van der Waals surface area contributed by atoms with Gasteiger partial charge in [-0.1, -0.05) is 52.5 Å². The number of Topliss-reactive ketones (excluding diaryl/α,β-unsaturated/α-hetero) is 3. The van der Waals surface area contributed by atoms with Gasteiger partial charge in [0.1, 0.15) is 22.8 Å². The lowest BCUT2D eigenvalue weighted by Crippen LogP contribution is -2.67. The maximum Gasteiger partial charge on any atom is 0.209 e. The molecule has 0 bridgehead atoms. The lowest BCUT2D eigenvalue weighted by atomic mass is 9.44. The summed E-state index contributed by atoms with van der Waals surface area (Å²) >= 11 is 0. The number of ketones is 3. The standard InChI is InChI=1S/C35H40O7/c1-7-21-15-22(14-13-20-11-9-8-10-12-20)28(37)25-23(21)16-33(5)17-34(6)26(18(2)3)29(38)24(19(4)36)31(40)35(34,42)32(41)27(33)30(25)39/h11,15,18,26,37-38,41-42H,7-10,12,16-17H2,1-6H3/t26?,33-,34-,35+/m1/s1. The van der Waals surface area contributed by atoms with Crippen molar-refractivity contribution in [3.05, 3.63) is 62.6 Å².